The van der Waals surface area contributed by atoms with Gasteiger partial charge in [0.15, 0.2) is 0 Å². The van der Waals surface area contributed by atoms with Crippen molar-refractivity contribution >= 4 is 27.8 Å². The molecule has 1 atom stereocenters. The number of carbonyl (C=O) groups is 2. The van der Waals surface area contributed by atoms with Crippen molar-refractivity contribution < 1.29 is 14.7 Å². The van der Waals surface area contributed by atoms with Crippen molar-refractivity contribution in [2.24, 2.45) is 5.92 Å². The number of amides is 1. The summed E-state index contributed by atoms with van der Waals surface area (Å²) in [5.74, 6) is -1.10. The van der Waals surface area contributed by atoms with Crippen LogP contribution in [0.3, 0.4) is 0 Å². The first-order chi connectivity index (χ1) is 10.1. The second-order valence-corrected chi connectivity index (χ2v) is 6.50. The lowest BCUT2D eigenvalue weighted by molar-refractivity contribution is -0.143. The summed E-state index contributed by atoms with van der Waals surface area (Å²) >= 11 is 3.36. The van der Waals surface area contributed by atoms with Gasteiger partial charge in [-0.25, -0.2) is 4.79 Å². The molecular weight excluding hydrogens is 334 g/mol. The van der Waals surface area contributed by atoms with Crippen molar-refractivity contribution in [1.82, 2.24) is 5.32 Å². The fraction of sp³-hybridized carbons (Fsp3) is 0.500. The van der Waals surface area contributed by atoms with E-state index in [1.54, 1.807) is 0 Å². The lowest BCUT2D eigenvalue weighted by atomic mass is 9.84. The van der Waals surface area contributed by atoms with E-state index in [4.69, 9.17) is 0 Å². The minimum atomic E-state index is -0.926. The Morgan fingerprint density at radius 3 is 2.62 bits per heavy atom. The molecule has 0 aliphatic heterocycles. The first kappa shape index (κ1) is 16.0. The van der Waals surface area contributed by atoms with Crippen LogP contribution in [0.15, 0.2) is 28.7 Å². The number of carboxylic acid groups (broad SMARTS) is 1. The number of carbonyl (C=O) groups excluding carboxylic acids is 1. The van der Waals surface area contributed by atoms with Crippen molar-refractivity contribution in [2.75, 3.05) is 0 Å². The monoisotopic (exact) mass is 353 g/mol. The van der Waals surface area contributed by atoms with E-state index in [0.29, 0.717) is 0 Å². The normalized spacial score (nSPS) is 17.2. The Bertz CT molecular complexity index is 512. The molecule has 1 aromatic carbocycles. The predicted molar refractivity (Wildman–Crippen MR) is 84.0 cm³/mol. The number of halogens is 1. The summed E-state index contributed by atoms with van der Waals surface area (Å²) in [7, 11) is 0. The summed E-state index contributed by atoms with van der Waals surface area (Å²) < 4.78 is 0.912. The van der Waals surface area contributed by atoms with E-state index in [0.717, 1.165) is 42.1 Å². The summed E-state index contributed by atoms with van der Waals surface area (Å²) in [6.07, 6.45) is 5.24. The zero-order chi connectivity index (χ0) is 15.2. The Balaban J connectivity index is 1.96. The molecule has 2 N–H and O–H groups in total. The minimum absolute atomic E-state index is 0.0581. The minimum Gasteiger partial charge on any atom is -0.480 e. The molecule has 0 heterocycles. The zero-order valence-electron chi connectivity index (χ0n) is 11.8. The lowest BCUT2D eigenvalue weighted by Crippen LogP contribution is -2.47. The molecule has 0 saturated heterocycles. The van der Waals surface area contributed by atoms with Gasteiger partial charge in [-0.3, -0.25) is 4.79 Å². The van der Waals surface area contributed by atoms with Gasteiger partial charge in [-0.15, -0.1) is 0 Å². The Hall–Kier alpha value is -1.36. The molecule has 5 heteroatoms. The Morgan fingerprint density at radius 2 is 2.00 bits per heavy atom. The van der Waals surface area contributed by atoms with Crippen LogP contribution in [0.5, 0.6) is 0 Å². The Morgan fingerprint density at radius 1 is 1.29 bits per heavy atom. The molecule has 1 saturated carbocycles. The predicted octanol–water partition coefficient (Wildman–Crippen LogP) is 3.14. The van der Waals surface area contributed by atoms with Crippen molar-refractivity contribution in [3.05, 3.63) is 34.3 Å². The molecule has 1 fully saturated rings. The maximum Gasteiger partial charge on any atom is 0.326 e. The lowest BCUT2D eigenvalue weighted by Gasteiger charge is -2.28. The van der Waals surface area contributed by atoms with Crippen molar-refractivity contribution in [3.63, 3.8) is 0 Å². The Kier molecular flexibility index (Phi) is 5.79. The van der Waals surface area contributed by atoms with E-state index >= 15 is 0 Å². The van der Waals surface area contributed by atoms with Gasteiger partial charge in [0.2, 0.25) is 5.91 Å². The van der Waals surface area contributed by atoms with Gasteiger partial charge in [-0.1, -0.05) is 47.3 Å². The van der Waals surface area contributed by atoms with E-state index in [1.807, 2.05) is 24.3 Å². The van der Waals surface area contributed by atoms with E-state index in [9.17, 15) is 14.7 Å². The molecule has 1 aliphatic rings. The van der Waals surface area contributed by atoms with E-state index in [-0.39, 0.29) is 18.2 Å². The standard InChI is InChI=1S/C16H20BrNO3/c17-13-8-4-5-11(9-13)10-14(19)18-15(16(20)21)12-6-2-1-3-7-12/h4-5,8-9,12,15H,1-3,6-7,10H2,(H,18,19)(H,20,21). The molecule has 1 aromatic rings. The van der Waals surface area contributed by atoms with Crippen LogP contribution in [0.1, 0.15) is 37.7 Å². The van der Waals surface area contributed by atoms with Crippen LogP contribution >= 0.6 is 15.9 Å². The number of hydrogen-bond acceptors (Lipinski definition) is 2. The third kappa shape index (κ3) is 4.84. The molecule has 1 amide bonds. The summed E-state index contributed by atoms with van der Waals surface area (Å²) in [6, 6.07) is 6.73. The fourth-order valence-electron chi connectivity index (χ4n) is 2.91. The Labute approximate surface area is 133 Å². The number of nitrogens with one attached hydrogen (secondary N) is 1. The molecule has 1 unspecified atom stereocenters. The third-order valence-electron chi connectivity index (χ3n) is 3.96. The largest absolute Gasteiger partial charge is 0.480 e. The average Bonchev–Trinajstić information content (AvgIpc) is 2.45. The van der Waals surface area contributed by atoms with E-state index in [2.05, 4.69) is 21.2 Å². The van der Waals surface area contributed by atoms with Crippen LogP contribution in [0.4, 0.5) is 0 Å². The quantitative estimate of drug-likeness (QED) is 0.854. The molecule has 0 bridgehead atoms. The van der Waals surface area contributed by atoms with Crippen LogP contribution in [0.2, 0.25) is 0 Å². The molecule has 21 heavy (non-hydrogen) atoms. The van der Waals surface area contributed by atoms with Gasteiger partial charge in [0.25, 0.3) is 0 Å². The summed E-state index contributed by atoms with van der Waals surface area (Å²) in [5.41, 5.74) is 0.870. The molecule has 114 valence electrons. The van der Waals surface area contributed by atoms with Crippen LogP contribution in [0, 0.1) is 5.92 Å². The van der Waals surface area contributed by atoms with Crippen molar-refractivity contribution in [3.8, 4) is 0 Å². The van der Waals surface area contributed by atoms with E-state index in [1.165, 1.54) is 0 Å². The maximum absolute atomic E-state index is 12.1. The molecule has 0 aromatic heterocycles. The third-order valence-corrected chi connectivity index (χ3v) is 4.45. The second-order valence-electron chi connectivity index (χ2n) is 5.59. The van der Waals surface area contributed by atoms with Crippen LogP contribution in [-0.4, -0.2) is 23.0 Å². The zero-order valence-corrected chi connectivity index (χ0v) is 13.4. The van der Waals surface area contributed by atoms with Gasteiger partial charge >= 0.3 is 5.97 Å². The first-order valence-corrected chi connectivity index (χ1v) is 8.12. The van der Waals surface area contributed by atoms with Crippen molar-refractivity contribution in [1.29, 1.82) is 0 Å². The number of hydrogen-bond donors (Lipinski definition) is 2. The number of benzene rings is 1. The first-order valence-electron chi connectivity index (χ1n) is 7.33. The molecule has 0 radical (unpaired) electrons. The average molecular weight is 354 g/mol. The highest BCUT2D eigenvalue weighted by Crippen LogP contribution is 2.26. The van der Waals surface area contributed by atoms with E-state index < -0.39 is 12.0 Å². The SMILES string of the molecule is O=C(Cc1cccc(Br)c1)NC(C(=O)O)C1CCCCC1. The van der Waals surface area contributed by atoms with Crippen molar-refractivity contribution in [2.45, 2.75) is 44.6 Å². The fourth-order valence-corrected chi connectivity index (χ4v) is 3.35. The highest BCUT2D eigenvalue weighted by molar-refractivity contribution is 9.10. The summed E-state index contributed by atoms with van der Waals surface area (Å²) in [4.78, 5) is 23.5. The smallest absolute Gasteiger partial charge is 0.326 e. The summed E-state index contributed by atoms with van der Waals surface area (Å²) in [5, 5.41) is 12.1. The molecule has 1 aliphatic carbocycles. The molecule has 4 nitrogen and oxygen atoms in total. The maximum atomic E-state index is 12.1. The number of rotatable bonds is 5. The van der Waals surface area contributed by atoms with Crippen LogP contribution in [0.25, 0.3) is 0 Å². The number of carboxylic acids is 1. The van der Waals surface area contributed by atoms with Gasteiger partial charge in [0.1, 0.15) is 6.04 Å². The molecule has 2 rings (SSSR count). The molecular formula is C16H20BrNO3. The van der Waals surface area contributed by atoms with Gasteiger partial charge in [-0.05, 0) is 36.5 Å². The molecule has 0 spiro atoms. The van der Waals surface area contributed by atoms with Gasteiger partial charge in [-0.2, -0.15) is 0 Å². The number of aliphatic carboxylic acids is 1. The highest BCUT2D eigenvalue weighted by Gasteiger charge is 2.30. The van der Waals surface area contributed by atoms with Gasteiger partial charge in [0.05, 0.1) is 6.42 Å². The topological polar surface area (TPSA) is 66.4 Å². The van der Waals surface area contributed by atoms with Gasteiger partial charge < -0.3 is 10.4 Å². The van der Waals surface area contributed by atoms with Gasteiger partial charge in [0, 0.05) is 4.47 Å². The summed E-state index contributed by atoms with van der Waals surface area (Å²) in [6.45, 7) is 0. The van der Waals surface area contributed by atoms with Crippen LogP contribution in [-0.2, 0) is 16.0 Å². The van der Waals surface area contributed by atoms with Crippen LogP contribution < -0.4 is 5.32 Å². The highest BCUT2D eigenvalue weighted by atomic mass is 79.9. The second kappa shape index (κ2) is 7.59.